The van der Waals surface area contributed by atoms with Crippen LogP contribution >= 0.6 is 0 Å². The third kappa shape index (κ3) is 4.37. The quantitative estimate of drug-likeness (QED) is 0.664. The topological polar surface area (TPSA) is 110 Å². The summed E-state index contributed by atoms with van der Waals surface area (Å²) in [5.41, 5.74) is 0.390. The zero-order valence-corrected chi connectivity index (χ0v) is 12.6. The van der Waals surface area contributed by atoms with E-state index in [1.807, 2.05) is 18.2 Å². The first-order valence-corrected chi connectivity index (χ1v) is 6.64. The molecular weight excluding hydrogens is 302 g/mol. The molecule has 1 aromatic heterocycles. The number of carbonyl (C=O) groups excluding carboxylic acids is 1. The Labute approximate surface area is 132 Å². The van der Waals surface area contributed by atoms with Crippen LogP contribution < -0.4 is 10.2 Å². The van der Waals surface area contributed by atoms with Gasteiger partial charge in [-0.25, -0.2) is 9.78 Å². The predicted octanol–water partition coefficient (Wildman–Crippen LogP) is 2.20. The summed E-state index contributed by atoms with van der Waals surface area (Å²) in [6.45, 7) is 0.0477. The fourth-order valence-electron chi connectivity index (χ4n) is 1.66. The molecule has 0 spiro atoms. The maximum atomic E-state index is 11.8. The van der Waals surface area contributed by atoms with Crippen molar-refractivity contribution in [2.75, 3.05) is 24.3 Å². The first-order valence-electron chi connectivity index (χ1n) is 6.64. The van der Waals surface area contributed by atoms with E-state index < -0.39 is 16.7 Å². The van der Waals surface area contributed by atoms with E-state index in [2.05, 4.69) is 15.3 Å². The lowest BCUT2D eigenvalue weighted by atomic mass is 10.2. The Hall–Kier alpha value is -3.23. The average Bonchev–Trinajstić information content (AvgIpc) is 2.53. The number of amides is 1. The SMILES string of the molecule is CN(C)c1ncc([N+](=O)[O-])c(NC(=O)OCc2ccccc2)n1. The molecule has 0 bridgehead atoms. The molecule has 9 nitrogen and oxygen atoms in total. The van der Waals surface area contributed by atoms with Crippen LogP contribution in [0, 0.1) is 10.1 Å². The van der Waals surface area contributed by atoms with Gasteiger partial charge in [-0.1, -0.05) is 30.3 Å². The summed E-state index contributed by atoms with van der Waals surface area (Å²) in [6, 6.07) is 9.07. The summed E-state index contributed by atoms with van der Waals surface area (Å²) in [5, 5.41) is 13.3. The standard InChI is InChI=1S/C14H15N5O4/c1-18(2)13-15-8-11(19(21)22)12(16-13)17-14(20)23-9-10-6-4-3-5-7-10/h3-8H,9H2,1-2H3,(H,15,16,17,20). The number of hydrogen-bond donors (Lipinski definition) is 1. The summed E-state index contributed by atoms with van der Waals surface area (Å²) < 4.78 is 5.02. The molecule has 1 heterocycles. The Balaban J connectivity index is 2.09. The number of hydrogen-bond acceptors (Lipinski definition) is 7. The smallest absolute Gasteiger partial charge is 0.413 e. The Morgan fingerprint density at radius 2 is 2.04 bits per heavy atom. The number of rotatable bonds is 5. The van der Waals surface area contributed by atoms with Crippen molar-refractivity contribution in [3.05, 3.63) is 52.2 Å². The highest BCUT2D eigenvalue weighted by atomic mass is 16.6. The van der Waals surface area contributed by atoms with Crippen molar-refractivity contribution < 1.29 is 14.5 Å². The van der Waals surface area contributed by atoms with Crippen LogP contribution in [0.1, 0.15) is 5.56 Å². The van der Waals surface area contributed by atoms with Crippen molar-refractivity contribution in [3.63, 3.8) is 0 Å². The van der Waals surface area contributed by atoms with Gasteiger partial charge in [0.25, 0.3) is 0 Å². The summed E-state index contributed by atoms with van der Waals surface area (Å²) >= 11 is 0. The minimum absolute atomic E-state index is 0.0477. The van der Waals surface area contributed by atoms with E-state index in [-0.39, 0.29) is 18.4 Å². The Morgan fingerprint density at radius 1 is 1.35 bits per heavy atom. The van der Waals surface area contributed by atoms with Crippen molar-refractivity contribution in [3.8, 4) is 0 Å². The molecular formula is C14H15N5O4. The second kappa shape index (κ2) is 7.16. The van der Waals surface area contributed by atoms with Crippen LogP contribution in [0.2, 0.25) is 0 Å². The van der Waals surface area contributed by atoms with Crippen molar-refractivity contribution >= 4 is 23.5 Å². The fourth-order valence-corrected chi connectivity index (χ4v) is 1.66. The lowest BCUT2D eigenvalue weighted by molar-refractivity contribution is -0.384. The maximum absolute atomic E-state index is 11.8. The van der Waals surface area contributed by atoms with E-state index in [1.165, 1.54) is 0 Å². The van der Waals surface area contributed by atoms with Gasteiger partial charge in [0, 0.05) is 14.1 Å². The molecule has 120 valence electrons. The largest absolute Gasteiger partial charge is 0.444 e. The van der Waals surface area contributed by atoms with Gasteiger partial charge in [-0.2, -0.15) is 4.98 Å². The zero-order valence-electron chi connectivity index (χ0n) is 12.6. The molecule has 1 aromatic carbocycles. The number of nitrogens with zero attached hydrogens (tertiary/aromatic N) is 4. The summed E-state index contributed by atoms with van der Waals surface area (Å²) in [5.74, 6) is 0.0146. The third-order valence-corrected chi connectivity index (χ3v) is 2.79. The molecule has 0 aliphatic heterocycles. The number of aromatic nitrogens is 2. The molecule has 0 saturated carbocycles. The molecule has 0 fully saturated rings. The molecule has 1 amide bonds. The van der Waals surface area contributed by atoms with Crippen LogP contribution in [-0.4, -0.2) is 35.1 Å². The van der Waals surface area contributed by atoms with Gasteiger partial charge in [0.05, 0.1) is 4.92 Å². The minimum atomic E-state index is -0.833. The molecule has 2 aromatic rings. The normalized spacial score (nSPS) is 10.0. The molecule has 9 heteroatoms. The molecule has 0 radical (unpaired) electrons. The maximum Gasteiger partial charge on any atom is 0.413 e. The number of nitro groups is 1. The van der Waals surface area contributed by atoms with E-state index in [4.69, 9.17) is 4.74 Å². The summed E-state index contributed by atoms with van der Waals surface area (Å²) in [6.07, 6.45) is 0.204. The van der Waals surface area contributed by atoms with Gasteiger partial charge in [-0.3, -0.25) is 15.4 Å². The third-order valence-electron chi connectivity index (χ3n) is 2.79. The lowest BCUT2D eigenvalue weighted by Gasteiger charge is -2.11. The van der Waals surface area contributed by atoms with E-state index >= 15 is 0 Å². The van der Waals surface area contributed by atoms with Crippen molar-refractivity contribution in [2.24, 2.45) is 0 Å². The van der Waals surface area contributed by atoms with Crippen LogP contribution in [0.5, 0.6) is 0 Å². The predicted molar refractivity (Wildman–Crippen MR) is 83.3 cm³/mol. The van der Waals surface area contributed by atoms with Crippen LogP contribution in [-0.2, 0) is 11.3 Å². The van der Waals surface area contributed by atoms with E-state index in [0.717, 1.165) is 11.8 Å². The zero-order chi connectivity index (χ0) is 16.8. The van der Waals surface area contributed by atoms with Crippen LogP contribution in [0.3, 0.4) is 0 Å². The summed E-state index contributed by atoms with van der Waals surface area (Å²) in [4.78, 5) is 31.5. The number of nitrogens with one attached hydrogen (secondary N) is 1. The van der Waals surface area contributed by atoms with E-state index in [1.54, 1.807) is 31.1 Å². The number of ether oxygens (including phenoxy) is 1. The highest BCUT2D eigenvalue weighted by molar-refractivity contribution is 5.86. The average molecular weight is 317 g/mol. The Morgan fingerprint density at radius 3 is 2.65 bits per heavy atom. The highest BCUT2D eigenvalue weighted by Crippen LogP contribution is 2.22. The summed E-state index contributed by atoms with van der Waals surface area (Å²) in [7, 11) is 3.36. The van der Waals surface area contributed by atoms with Gasteiger partial charge >= 0.3 is 11.8 Å². The minimum Gasteiger partial charge on any atom is -0.444 e. The van der Waals surface area contributed by atoms with Crippen molar-refractivity contribution in [2.45, 2.75) is 6.61 Å². The molecule has 0 atom stereocenters. The fraction of sp³-hybridized carbons (Fsp3) is 0.214. The molecule has 2 rings (SSSR count). The monoisotopic (exact) mass is 317 g/mol. The molecule has 23 heavy (non-hydrogen) atoms. The second-order valence-electron chi connectivity index (χ2n) is 4.74. The van der Waals surface area contributed by atoms with Gasteiger partial charge in [-0.05, 0) is 5.56 Å². The molecule has 0 saturated heterocycles. The molecule has 1 N–H and O–H groups in total. The van der Waals surface area contributed by atoms with Crippen LogP contribution in [0.4, 0.5) is 22.2 Å². The Bertz CT molecular complexity index is 706. The Kier molecular flexibility index (Phi) is 5.03. The van der Waals surface area contributed by atoms with Crippen LogP contribution in [0.25, 0.3) is 0 Å². The molecule has 0 aliphatic carbocycles. The van der Waals surface area contributed by atoms with E-state index in [9.17, 15) is 14.9 Å². The van der Waals surface area contributed by atoms with Crippen molar-refractivity contribution in [1.29, 1.82) is 0 Å². The number of carbonyl (C=O) groups is 1. The van der Waals surface area contributed by atoms with E-state index in [0.29, 0.717) is 0 Å². The lowest BCUT2D eigenvalue weighted by Crippen LogP contribution is -2.18. The molecule has 0 unspecified atom stereocenters. The highest BCUT2D eigenvalue weighted by Gasteiger charge is 2.20. The molecule has 0 aliphatic rings. The van der Waals surface area contributed by atoms with Gasteiger partial charge in [0.2, 0.25) is 11.8 Å². The van der Waals surface area contributed by atoms with Crippen molar-refractivity contribution in [1.82, 2.24) is 9.97 Å². The van der Waals surface area contributed by atoms with Gasteiger partial charge in [-0.15, -0.1) is 0 Å². The first kappa shape index (κ1) is 16.1. The number of benzene rings is 1. The van der Waals surface area contributed by atoms with Gasteiger partial charge < -0.3 is 9.64 Å². The number of anilines is 2. The first-order chi connectivity index (χ1) is 11.0. The van der Waals surface area contributed by atoms with Gasteiger partial charge in [0.15, 0.2) is 0 Å². The van der Waals surface area contributed by atoms with Gasteiger partial charge in [0.1, 0.15) is 12.8 Å². The van der Waals surface area contributed by atoms with Crippen LogP contribution in [0.15, 0.2) is 36.5 Å². The second-order valence-corrected chi connectivity index (χ2v) is 4.74.